The van der Waals surface area contributed by atoms with Gasteiger partial charge in [-0.3, -0.25) is 14.5 Å². The van der Waals surface area contributed by atoms with Gasteiger partial charge in [-0.05, 0) is 55.0 Å². The van der Waals surface area contributed by atoms with Gasteiger partial charge in [0.05, 0.1) is 19.3 Å². The second-order valence-corrected chi connectivity index (χ2v) is 9.91. The van der Waals surface area contributed by atoms with E-state index in [4.69, 9.17) is 4.74 Å². The Morgan fingerprint density at radius 3 is 2.57 bits per heavy atom. The molecular weight excluding hydrogens is 445 g/mol. The van der Waals surface area contributed by atoms with Gasteiger partial charge in [-0.2, -0.15) is 0 Å². The van der Waals surface area contributed by atoms with Crippen molar-refractivity contribution in [1.29, 1.82) is 0 Å². The summed E-state index contributed by atoms with van der Waals surface area (Å²) >= 11 is 0. The Balaban J connectivity index is 1.34. The molecule has 2 heterocycles. The third kappa shape index (κ3) is 5.26. The maximum Gasteiger partial charge on any atom is 0.254 e. The molecule has 6 nitrogen and oxygen atoms in total. The van der Waals surface area contributed by atoms with Crippen LogP contribution >= 0.6 is 0 Å². The van der Waals surface area contributed by atoms with E-state index in [1.54, 1.807) is 12.1 Å². The third-order valence-electron chi connectivity index (χ3n) is 7.84. The number of fused-ring (bicyclic) bond motifs is 1. The highest BCUT2D eigenvalue weighted by molar-refractivity contribution is 5.98. The topological polar surface area (TPSA) is 61.9 Å². The van der Waals surface area contributed by atoms with Crippen molar-refractivity contribution in [2.45, 2.75) is 50.2 Å². The van der Waals surface area contributed by atoms with Crippen molar-refractivity contribution in [3.63, 3.8) is 0 Å². The van der Waals surface area contributed by atoms with E-state index in [0.29, 0.717) is 37.7 Å². The van der Waals surface area contributed by atoms with Crippen LogP contribution in [0.3, 0.4) is 0 Å². The number of carbonyl (C=O) groups is 2. The van der Waals surface area contributed by atoms with E-state index >= 15 is 0 Å². The van der Waals surface area contributed by atoms with Gasteiger partial charge in [0.15, 0.2) is 0 Å². The monoisotopic (exact) mass is 479 g/mol. The molecule has 1 aliphatic carbocycles. The van der Waals surface area contributed by atoms with Crippen LogP contribution in [0, 0.1) is 11.7 Å². The summed E-state index contributed by atoms with van der Waals surface area (Å²) in [5, 5.41) is 3.15. The lowest BCUT2D eigenvalue weighted by atomic mass is 9.84. The van der Waals surface area contributed by atoms with Crippen LogP contribution in [0.5, 0.6) is 0 Å². The minimum absolute atomic E-state index is 0.0602. The molecule has 1 saturated carbocycles. The van der Waals surface area contributed by atoms with E-state index < -0.39 is 6.04 Å². The molecule has 2 aliphatic heterocycles. The number of rotatable bonds is 6. The summed E-state index contributed by atoms with van der Waals surface area (Å²) in [6.07, 6.45) is 4.96. The molecule has 3 fully saturated rings. The third-order valence-corrected chi connectivity index (χ3v) is 7.84. The first-order valence-electron chi connectivity index (χ1n) is 12.8. The molecule has 2 aromatic rings. The number of likely N-dealkylation sites (tertiary alicyclic amines) is 1. The lowest BCUT2D eigenvalue weighted by molar-refractivity contribution is -0.125. The number of halogens is 1. The molecule has 0 aromatic heterocycles. The predicted molar refractivity (Wildman–Crippen MR) is 131 cm³/mol. The fraction of sp³-hybridized carbons (Fsp3) is 0.500. The number of hydrogen-bond donors (Lipinski definition) is 1. The zero-order valence-corrected chi connectivity index (χ0v) is 20.1. The van der Waals surface area contributed by atoms with E-state index in [0.717, 1.165) is 44.3 Å². The van der Waals surface area contributed by atoms with Gasteiger partial charge < -0.3 is 15.0 Å². The second-order valence-electron chi connectivity index (χ2n) is 9.91. The van der Waals surface area contributed by atoms with Crippen molar-refractivity contribution in [1.82, 2.24) is 15.1 Å². The quantitative estimate of drug-likeness (QED) is 0.685. The Morgan fingerprint density at radius 1 is 1.03 bits per heavy atom. The van der Waals surface area contributed by atoms with E-state index in [9.17, 15) is 14.0 Å². The highest BCUT2D eigenvalue weighted by atomic mass is 19.1. The first-order chi connectivity index (χ1) is 17.1. The molecule has 4 unspecified atom stereocenters. The van der Waals surface area contributed by atoms with Crippen molar-refractivity contribution in [2.24, 2.45) is 5.92 Å². The Kier molecular flexibility index (Phi) is 7.44. The fourth-order valence-corrected chi connectivity index (χ4v) is 6.09. The summed E-state index contributed by atoms with van der Waals surface area (Å²) in [5.41, 5.74) is 1.46. The number of carbonyl (C=O) groups excluding carboxylic acids is 2. The van der Waals surface area contributed by atoms with Crippen LogP contribution < -0.4 is 5.32 Å². The SMILES string of the molecule is O=C(NCC(c1cccc(F)c1)N1CCOCC1)C1CC2CCCCC2N1C(=O)c1ccccc1. The number of nitrogens with zero attached hydrogens (tertiary/aromatic N) is 2. The molecular formula is C28H34FN3O3. The van der Waals surface area contributed by atoms with Crippen LogP contribution in [0.1, 0.15) is 54.1 Å². The van der Waals surface area contributed by atoms with Crippen molar-refractivity contribution in [3.8, 4) is 0 Å². The maximum absolute atomic E-state index is 14.0. The second kappa shape index (κ2) is 10.9. The molecule has 3 aliphatic rings. The summed E-state index contributed by atoms with van der Waals surface area (Å²) in [7, 11) is 0. The average molecular weight is 480 g/mol. The van der Waals surface area contributed by atoms with Gasteiger partial charge in [0.2, 0.25) is 5.91 Å². The number of benzene rings is 2. The van der Waals surface area contributed by atoms with Crippen molar-refractivity contribution >= 4 is 11.8 Å². The number of hydrogen-bond acceptors (Lipinski definition) is 4. The summed E-state index contributed by atoms with van der Waals surface area (Å²) < 4.78 is 19.5. The largest absolute Gasteiger partial charge is 0.379 e. The smallest absolute Gasteiger partial charge is 0.254 e. The van der Waals surface area contributed by atoms with Crippen LogP contribution in [0.4, 0.5) is 4.39 Å². The molecule has 7 heteroatoms. The van der Waals surface area contributed by atoms with Crippen LogP contribution in [0.25, 0.3) is 0 Å². The summed E-state index contributed by atoms with van der Waals surface area (Å²) in [6.45, 7) is 3.05. The molecule has 1 N–H and O–H groups in total. The van der Waals surface area contributed by atoms with E-state index in [2.05, 4.69) is 10.2 Å². The van der Waals surface area contributed by atoms with Gasteiger partial charge in [0.25, 0.3) is 5.91 Å². The fourth-order valence-electron chi connectivity index (χ4n) is 6.09. The van der Waals surface area contributed by atoms with E-state index in [1.165, 1.54) is 6.07 Å². The average Bonchev–Trinajstić information content (AvgIpc) is 3.29. The Morgan fingerprint density at radius 2 is 1.80 bits per heavy atom. The number of morpholine rings is 1. The standard InChI is InChI=1S/C28H34FN3O3/c29-23-11-6-10-21(17-23)26(31-13-15-35-16-14-31)19-30-27(33)25-18-22-9-4-5-12-24(22)32(25)28(34)20-7-2-1-3-8-20/h1-3,6-8,10-11,17,22,24-26H,4-5,9,12-16,18-19H2,(H,30,33). The van der Waals surface area contributed by atoms with Crippen molar-refractivity contribution < 1.29 is 18.7 Å². The number of ether oxygens (including phenoxy) is 1. The van der Waals surface area contributed by atoms with Gasteiger partial charge in [0, 0.05) is 31.2 Å². The molecule has 186 valence electrons. The predicted octanol–water partition coefficient (Wildman–Crippen LogP) is 3.79. The maximum atomic E-state index is 14.0. The first-order valence-corrected chi connectivity index (χ1v) is 12.8. The molecule has 0 bridgehead atoms. The molecule has 35 heavy (non-hydrogen) atoms. The number of amides is 2. The van der Waals surface area contributed by atoms with Crippen LogP contribution in [-0.2, 0) is 9.53 Å². The lowest BCUT2D eigenvalue weighted by Gasteiger charge is -2.36. The minimum atomic E-state index is -0.478. The molecule has 2 aromatic carbocycles. The molecule has 2 saturated heterocycles. The molecule has 5 rings (SSSR count). The number of nitrogens with one attached hydrogen (secondary N) is 1. The zero-order chi connectivity index (χ0) is 24.2. The first kappa shape index (κ1) is 23.9. The lowest BCUT2D eigenvalue weighted by Crippen LogP contribution is -2.51. The van der Waals surface area contributed by atoms with E-state index in [1.807, 2.05) is 41.3 Å². The molecule has 4 atom stereocenters. The molecule has 0 spiro atoms. The normalized spacial score (nSPS) is 25.6. The Labute approximate surface area is 206 Å². The van der Waals surface area contributed by atoms with Crippen LogP contribution in [0.15, 0.2) is 54.6 Å². The summed E-state index contributed by atoms with van der Waals surface area (Å²) in [4.78, 5) is 31.2. The van der Waals surface area contributed by atoms with Crippen molar-refractivity contribution in [3.05, 3.63) is 71.5 Å². The van der Waals surface area contributed by atoms with Gasteiger partial charge >= 0.3 is 0 Å². The van der Waals surface area contributed by atoms with E-state index in [-0.39, 0.29) is 29.7 Å². The van der Waals surface area contributed by atoms with Gasteiger partial charge in [0.1, 0.15) is 11.9 Å². The molecule has 2 amide bonds. The summed E-state index contributed by atoms with van der Waals surface area (Å²) in [6, 6.07) is 15.4. The molecule has 0 radical (unpaired) electrons. The van der Waals surface area contributed by atoms with Crippen LogP contribution in [-0.4, -0.2) is 66.5 Å². The highest BCUT2D eigenvalue weighted by Crippen LogP contribution is 2.40. The van der Waals surface area contributed by atoms with Gasteiger partial charge in [-0.1, -0.05) is 43.2 Å². The van der Waals surface area contributed by atoms with Gasteiger partial charge in [-0.15, -0.1) is 0 Å². The minimum Gasteiger partial charge on any atom is -0.379 e. The Bertz CT molecular complexity index is 1030. The zero-order valence-electron chi connectivity index (χ0n) is 20.1. The van der Waals surface area contributed by atoms with Crippen molar-refractivity contribution in [2.75, 3.05) is 32.8 Å². The van der Waals surface area contributed by atoms with Crippen LogP contribution in [0.2, 0.25) is 0 Å². The summed E-state index contributed by atoms with van der Waals surface area (Å²) in [5.74, 6) is -0.0923. The Hall–Kier alpha value is -2.77. The highest BCUT2D eigenvalue weighted by Gasteiger charge is 2.47. The van der Waals surface area contributed by atoms with Gasteiger partial charge in [-0.25, -0.2) is 4.39 Å².